The van der Waals surface area contributed by atoms with Gasteiger partial charge in [0.25, 0.3) is 0 Å². The Bertz CT molecular complexity index is 2130. The zero-order valence-electron chi connectivity index (χ0n) is 21.8. The van der Waals surface area contributed by atoms with Crippen LogP contribution in [0.15, 0.2) is 78.0 Å². The smallest absolute Gasteiger partial charge is 0.180 e. The van der Waals surface area contributed by atoms with E-state index in [1.165, 1.54) is 18.2 Å². The number of aromatic nitrogens is 1. The number of fused-ring (bicyclic) bond motifs is 3. The maximum atomic E-state index is 14.9. The second kappa shape index (κ2) is 10.4. The molecule has 0 unspecified atom stereocenters. The van der Waals surface area contributed by atoms with Crippen LogP contribution in [-0.2, 0) is 0 Å². The number of pyridine rings is 1. The van der Waals surface area contributed by atoms with Crippen LogP contribution in [0.25, 0.3) is 44.9 Å². The third-order valence-corrected chi connectivity index (χ3v) is 7.19. The molecule has 5 aromatic rings. The van der Waals surface area contributed by atoms with Gasteiger partial charge < -0.3 is 5.21 Å². The third kappa shape index (κ3) is 4.21. The summed E-state index contributed by atoms with van der Waals surface area (Å²) in [7, 11) is 0. The number of rotatable bonds is 3. The molecule has 0 aliphatic heterocycles. The van der Waals surface area contributed by atoms with Gasteiger partial charge in [-0.15, -0.1) is 0 Å². The average molecular weight is 574 g/mol. The number of hydrogen-bond donors (Lipinski definition) is 2. The summed E-state index contributed by atoms with van der Waals surface area (Å²) in [5.74, 6) is -7.08. The Balaban J connectivity index is 1.66. The van der Waals surface area contributed by atoms with Gasteiger partial charge >= 0.3 is 0 Å². The van der Waals surface area contributed by atoms with Crippen LogP contribution in [0.3, 0.4) is 0 Å². The summed E-state index contributed by atoms with van der Waals surface area (Å²) >= 11 is 0. The lowest BCUT2D eigenvalue weighted by Gasteiger charge is -2.23. The average Bonchev–Trinajstić information content (AvgIpc) is 3.04. The molecular weight excluding hydrogens is 558 g/mol. The van der Waals surface area contributed by atoms with E-state index in [2.05, 4.69) is 5.16 Å². The summed E-state index contributed by atoms with van der Waals surface area (Å²) in [5.41, 5.74) is 0.471. The van der Waals surface area contributed by atoms with Gasteiger partial charge in [-0.1, -0.05) is 59.8 Å². The Labute approximate surface area is 241 Å². The SMILES string of the molecule is N#Cc1ccc(C2=Cc3c(-c4ccccc4)nc4cc(-c5c(F)c(F)c(C#N)c(F)c5F)ccc4c3C(=N)/C2=N\O)cc1. The fraction of sp³-hybridized carbons (Fsp3) is 0. The highest BCUT2D eigenvalue weighted by Crippen LogP contribution is 2.40. The van der Waals surface area contributed by atoms with E-state index in [1.807, 2.05) is 6.07 Å². The summed E-state index contributed by atoms with van der Waals surface area (Å²) in [4.78, 5) is 4.75. The predicted molar refractivity (Wildman–Crippen MR) is 152 cm³/mol. The van der Waals surface area contributed by atoms with Crippen LogP contribution in [-0.4, -0.2) is 21.6 Å². The van der Waals surface area contributed by atoms with Crippen LogP contribution < -0.4 is 0 Å². The number of nitrogens with one attached hydrogen (secondary N) is 1. The molecule has 0 fully saturated rings. The van der Waals surface area contributed by atoms with E-state index in [1.54, 1.807) is 60.7 Å². The molecule has 0 spiro atoms. The third-order valence-electron chi connectivity index (χ3n) is 7.19. The molecule has 0 amide bonds. The van der Waals surface area contributed by atoms with Crippen LogP contribution in [0.5, 0.6) is 0 Å². The first-order valence-electron chi connectivity index (χ1n) is 12.6. The second-order valence-corrected chi connectivity index (χ2v) is 9.54. The minimum Gasteiger partial charge on any atom is -0.410 e. The summed E-state index contributed by atoms with van der Waals surface area (Å²) in [6, 6.07) is 22.4. The van der Waals surface area contributed by atoms with Gasteiger partial charge in [0.2, 0.25) is 0 Å². The van der Waals surface area contributed by atoms with Crippen molar-refractivity contribution in [1.29, 1.82) is 15.9 Å². The van der Waals surface area contributed by atoms with Crippen molar-refractivity contribution in [2.24, 2.45) is 5.16 Å². The lowest BCUT2D eigenvalue weighted by atomic mass is 9.82. The van der Waals surface area contributed by atoms with Crippen LogP contribution in [0.2, 0.25) is 0 Å². The van der Waals surface area contributed by atoms with Gasteiger partial charge in [0.1, 0.15) is 17.3 Å². The first-order valence-corrected chi connectivity index (χ1v) is 12.6. The van der Waals surface area contributed by atoms with E-state index in [0.29, 0.717) is 44.5 Å². The van der Waals surface area contributed by atoms with Gasteiger partial charge in [0.05, 0.1) is 34.1 Å². The van der Waals surface area contributed by atoms with Crippen molar-refractivity contribution < 1.29 is 22.8 Å². The van der Waals surface area contributed by atoms with Crippen molar-refractivity contribution in [1.82, 2.24) is 4.98 Å². The lowest BCUT2D eigenvalue weighted by Crippen LogP contribution is -2.22. The summed E-state index contributed by atoms with van der Waals surface area (Å²) in [6.45, 7) is 0. The zero-order valence-corrected chi connectivity index (χ0v) is 21.8. The van der Waals surface area contributed by atoms with Gasteiger partial charge in [-0.3, -0.25) is 5.41 Å². The normalized spacial score (nSPS) is 13.4. The number of halogens is 4. The number of benzene rings is 4. The number of nitriles is 2. The molecule has 1 aromatic heterocycles. The number of oxime groups is 1. The minimum atomic E-state index is -1.81. The molecule has 1 heterocycles. The Morgan fingerprint density at radius 1 is 0.744 bits per heavy atom. The van der Waals surface area contributed by atoms with Crippen molar-refractivity contribution in [3.8, 4) is 34.5 Å². The van der Waals surface area contributed by atoms with E-state index < -0.39 is 34.4 Å². The Morgan fingerprint density at radius 3 is 2.00 bits per heavy atom. The first kappa shape index (κ1) is 27.1. The molecule has 6 nitrogen and oxygen atoms in total. The van der Waals surface area contributed by atoms with Crippen molar-refractivity contribution in [2.45, 2.75) is 0 Å². The molecule has 6 rings (SSSR count). The van der Waals surface area contributed by atoms with Gasteiger partial charge in [-0.25, -0.2) is 22.5 Å². The van der Waals surface area contributed by atoms with E-state index in [-0.39, 0.29) is 22.5 Å². The maximum Gasteiger partial charge on any atom is 0.180 e. The number of hydrogen-bond acceptors (Lipinski definition) is 6. The quantitative estimate of drug-likeness (QED) is 0.0999. The molecule has 1 aliphatic carbocycles. The van der Waals surface area contributed by atoms with E-state index in [9.17, 15) is 28.0 Å². The monoisotopic (exact) mass is 573 g/mol. The Hall–Kier alpha value is -6.13. The van der Waals surface area contributed by atoms with Crippen LogP contribution in [0.4, 0.5) is 17.6 Å². The zero-order chi connectivity index (χ0) is 30.4. The summed E-state index contributed by atoms with van der Waals surface area (Å²) in [5, 5.41) is 40.9. The van der Waals surface area contributed by atoms with Crippen molar-refractivity contribution in [3.63, 3.8) is 0 Å². The molecule has 10 heteroatoms. The highest BCUT2D eigenvalue weighted by molar-refractivity contribution is 6.65. The van der Waals surface area contributed by atoms with Crippen LogP contribution in [0, 0.1) is 51.3 Å². The highest BCUT2D eigenvalue weighted by Gasteiger charge is 2.31. The van der Waals surface area contributed by atoms with Gasteiger partial charge in [0, 0.05) is 27.6 Å². The molecule has 2 N–H and O–H groups in total. The maximum absolute atomic E-state index is 14.9. The molecule has 0 atom stereocenters. The Morgan fingerprint density at radius 2 is 1.40 bits per heavy atom. The second-order valence-electron chi connectivity index (χ2n) is 9.54. The largest absolute Gasteiger partial charge is 0.410 e. The highest BCUT2D eigenvalue weighted by atomic mass is 19.2. The molecule has 206 valence electrons. The fourth-order valence-electron chi connectivity index (χ4n) is 5.16. The van der Waals surface area contributed by atoms with Crippen LogP contribution in [0.1, 0.15) is 27.8 Å². The van der Waals surface area contributed by atoms with Crippen molar-refractivity contribution in [3.05, 3.63) is 124 Å². The van der Waals surface area contributed by atoms with Crippen LogP contribution >= 0.6 is 0 Å². The van der Waals surface area contributed by atoms with E-state index in [4.69, 9.17) is 15.7 Å². The molecule has 0 bridgehead atoms. The Kier molecular flexibility index (Phi) is 6.52. The van der Waals surface area contributed by atoms with Crippen molar-refractivity contribution in [2.75, 3.05) is 0 Å². The standard InChI is InChI=1S/C33H15F4N5O/c34-27-23(15-39)28(35)30(37)25(29(27)36)19-10-11-20-24(12-19)41-32(18-4-2-1-3-5-18)22-13-21(33(42-43)31(40)26(20)22)17-8-6-16(14-38)7-9-17/h1-13,40,43H/b40-31?,42-33-. The molecule has 4 aromatic carbocycles. The summed E-state index contributed by atoms with van der Waals surface area (Å²) < 4.78 is 58.8. The molecule has 43 heavy (non-hydrogen) atoms. The molecule has 0 radical (unpaired) electrons. The number of nitrogens with zero attached hydrogens (tertiary/aromatic N) is 4. The molecule has 1 aliphatic rings. The first-order chi connectivity index (χ1) is 20.8. The van der Waals surface area contributed by atoms with Gasteiger partial charge in [-0.2, -0.15) is 10.5 Å². The van der Waals surface area contributed by atoms with Gasteiger partial charge in [-0.05, 0) is 35.4 Å². The van der Waals surface area contributed by atoms with E-state index >= 15 is 0 Å². The van der Waals surface area contributed by atoms with Gasteiger partial charge in [0.15, 0.2) is 23.3 Å². The minimum absolute atomic E-state index is 0.0684. The lowest BCUT2D eigenvalue weighted by molar-refractivity contribution is 0.321. The fourth-order valence-corrected chi connectivity index (χ4v) is 5.16. The van der Waals surface area contributed by atoms with Crippen molar-refractivity contribution >= 4 is 34.0 Å². The molecule has 0 saturated heterocycles. The topological polar surface area (TPSA) is 117 Å². The van der Waals surface area contributed by atoms with E-state index in [0.717, 1.165) is 6.07 Å². The summed E-state index contributed by atoms with van der Waals surface area (Å²) in [6.07, 6.45) is 1.71. The molecule has 0 saturated carbocycles. The predicted octanol–water partition coefficient (Wildman–Crippen LogP) is 7.62. The number of allylic oxidation sites excluding steroid dienone is 1. The molecular formula is C33H15F4N5O.